The zero-order valence-electron chi connectivity index (χ0n) is 9.96. The van der Waals surface area contributed by atoms with Crippen LogP contribution in [0.4, 0.5) is 5.13 Å². The van der Waals surface area contributed by atoms with Gasteiger partial charge in [0.1, 0.15) is 0 Å². The van der Waals surface area contributed by atoms with Crippen LogP contribution in [0.1, 0.15) is 24.2 Å². The molecular weight excluding hydrogens is 248 g/mol. The summed E-state index contributed by atoms with van der Waals surface area (Å²) in [6.07, 6.45) is 3.67. The van der Waals surface area contributed by atoms with E-state index in [1.807, 2.05) is 19.1 Å². The highest BCUT2D eigenvalue weighted by atomic mass is 32.1. The van der Waals surface area contributed by atoms with E-state index in [9.17, 15) is 4.79 Å². The first-order valence-electron chi connectivity index (χ1n) is 5.54. The van der Waals surface area contributed by atoms with Crippen LogP contribution in [0.3, 0.4) is 0 Å². The molecule has 1 amide bonds. The number of nitrogens with zero attached hydrogens (tertiary/aromatic N) is 2. The lowest BCUT2D eigenvalue weighted by molar-refractivity contribution is -0.121. The lowest BCUT2D eigenvalue weighted by atomic mass is 10.1. The van der Waals surface area contributed by atoms with Gasteiger partial charge in [-0.3, -0.25) is 9.78 Å². The summed E-state index contributed by atoms with van der Waals surface area (Å²) in [5.41, 5.74) is 7.25. The maximum atomic E-state index is 11.8. The smallest absolute Gasteiger partial charge is 0.226 e. The molecule has 1 atom stereocenters. The van der Waals surface area contributed by atoms with Crippen LogP contribution in [0.5, 0.6) is 0 Å². The number of amides is 1. The highest BCUT2D eigenvalue weighted by Gasteiger charge is 2.11. The number of pyridine rings is 1. The number of carbonyl (C=O) groups excluding carboxylic acids is 1. The van der Waals surface area contributed by atoms with Crippen molar-refractivity contribution in [1.82, 2.24) is 15.3 Å². The fourth-order valence-corrected chi connectivity index (χ4v) is 2.16. The van der Waals surface area contributed by atoms with Crippen molar-refractivity contribution in [3.8, 4) is 0 Å². The summed E-state index contributed by atoms with van der Waals surface area (Å²) in [5.74, 6) is -0.0652. The summed E-state index contributed by atoms with van der Waals surface area (Å²) in [7, 11) is 0. The van der Waals surface area contributed by atoms with Gasteiger partial charge in [0, 0.05) is 17.8 Å². The van der Waals surface area contributed by atoms with Gasteiger partial charge in [0.15, 0.2) is 5.13 Å². The van der Waals surface area contributed by atoms with E-state index in [2.05, 4.69) is 15.3 Å². The van der Waals surface area contributed by atoms with Crippen LogP contribution >= 0.6 is 11.3 Å². The lowest BCUT2D eigenvalue weighted by Crippen LogP contribution is -2.28. The Labute approximate surface area is 109 Å². The van der Waals surface area contributed by atoms with Crippen LogP contribution in [-0.4, -0.2) is 15.9 Å². The molecule has 2 aromatic heterocycles. The van der Waals surface area contributed by atoms with E-state index in [1.54, 1.807) is 17.8 Å². The van der Waals surface area contributed by atoms with Gasteiger partial charge >= 0.3 is 0 Å². The molecule has 0 radical (unpaired) electrons. The number of carbonyl (C=O) groups is 1. The molecule has 0 fully saturated rings. The Morgan fingerprint density at radius 3 is 2.83 bits per heavy atom. The topological polar surface area (TPSA) is 80.9 Å². The molecule has 0 spiro atoms. The molecule has 0 bridgehead atoms. The normalized spacial score (nSPS) is 12.1. The molecule has 94 valence electrons. The number of nitrogens with one attached hydrogen (secondary N) is 1. The molecule has 0 aliphatic carbocycles. The van der Waals surface area contributed by atoms with Crippen molar-refractivity contribution in [3.63, 3.8) is 0 Å². The molecule has 0 aromatic carbocycles. The van der Waals surface area contributed by atoms with Crippen LogP contribution in [0.25, 0.3) is 0 Å². The third-order valence-corrected chi connectivity index (χ3v) is 3.22. The van der Waals surface area contributed by atoms with Crippen molar-refractivity contribution in [1.29, 1.82) is 0 Å². The van der Waals surface area contributed by atoms with Gasteiger partial charge in [0.2, 0.25) is 5.91 Å². The fourth-order valence-electron chi connectivity index (χ4n) is 1.60. The maximum absolute atomic E-state index is 11.8. The Balaban J connectivity index is 1.92. The summed E-state index contributed by atoms with van der Waals surface area (Å²) in [6.45, 7) is 1.93. The van der Waals surface area contributed by atoms with E-state index < -0.39 is 0 Å². The van der Waals surface area contributed by atoms with Crippen molar-refractivity contribution in [2.75, 3.05) is 5.73 Å². The van der Waals surface area contributed by atoms with Crippen molar-refractivity contribution in [3.05, 3.63) is 41.2 Å². The SMILES string of the molecule is C[C@H](NC(=O)Cc1csc(N)n1)c1ccncc1. The van der Waals surface area contributed by atoms with Gasteiger partial charge < -0.3 is 11.1 Å². The van der Waals surface area contributed by atoms with Gasteiger partial charge in [-0.05, 0) is 24.6 Å². The number of thiazole rings is 1. The molecule has 0 unspecified atom stereocenters. The van der Waals surface area contributed by atoms with E-state index in [0.717, 1.165) is 5.56 Å². The van der Waals surface area contributed by atoms with E-state index in [-0.39, 0.29) is 18.4 Å². The molecular formula is C12H14N4OS. The number of hydrogen-bond acceptors (Lipinski definition) is 5. The van der Waals surface area contributed by atoms with Crippen LogP contribution in [0.2, 0.25) is 0 Å². The van der Waals surface area contributed by atoms with Crippen LogP contribution in [-0.2, 0) is 11.2 Å². The molecule has 0 aliphatic rings. The largest absolute Gasteiger partial charge is 0.375 e. The molecule has 5 nitrogen and oxygen atoms in total. The second-order valence-electron chi connectivity index (χ2n) is 3.92. The van der Waals surface area contributed by atoms with Crippen molar-refractivity contribution >= 4 is 22.4 Å². The first kappa shape index (κ1) is 12.5. The zero-order chi connectivity index (χ0) is 13.0. The minimum Gasteiger partial charge on any atom is -0.375 e. The molecule has 2 heterocycles. The number of anilines is 1. The van der Waals surface area contributed by atoms with Gasteiger partial charge in [-0.15, -0.1) is 11.3 Å². The number of nitrogens with two attached hydrogens (primary N) is 1. The van der Waals surface area contributed by atoms with E-state index >= 15 is 0 Å². The van der Waals surface area contributed by atoms with E-state index in [0.29, 0.717) is 10.8 Å². The van der Waals surface area contributed by atoms with Crippen LogP contribution in [0, 0.1) is 0 Å². The molecule has 6 heteroatoms. The van der Waals surface area contributed by atoms with Crippen LogP contribution in [0.15, 0.2) is 29.9 Å². The molecule has 0 saturated heterocycles. The third-order valence-electron chi connectivity index (χ3n) is 2.49. The predicted octanol–water partition coefficient (Wildman–Crippen LogP) is 1.54. The number of aromatic nitrogens is 2. The number of nitrogen functional groups attached to an aromatic ring is 1. The minimum absolute atomic E-state index is 0.0449. The van der Waals surface area contributed by atoms with Gasteiger partial charge in [0.05, 0.1) is 18.2 Å². The predicted molar refractivity (Wildman–Crippen MR) is 71.0 cm³/mol. The van der Waals surface area contributed by atoms with Gasteiger partial charge in [-0.2, -0.15) is 0 Å². The molecule has 0 aliphatic heterocycles. The lowest BCUT2D eigenvalue weighted by Gasteiger charge is -2.13. The third kappa shape index (κ3) is 3.27. The highest BCUT2D eigenvalue weighted by molar-refractivity contribution is 7.13. The minimum atomic E-state index is -0.0652. The van der Waals surface area contributed by atoms with Gasteiger partial charge in [0.25, 0.3) is 0 Å². The standard InChI is InChI=1S/C12H14N4OS/c1-8(9-2-4-14-5-3-9)15-11(17)6-10-7-18-12(13)16-10/h2-5,7-8H,6H2,1H3,(H2,13,16)(H,15,17)/t8-/m0/s1. The van der Waals surface area contributed by atoms with E-state index in [4.69, 9.17) is 5.73 Å². The first-order chi connectivity index (χ1) is 8.65. The van der Waals surface area contributed by atoms with Crippen molar-refractivity contribution in [2.24, 2.45) is 0 Å². The summed E-state index contributed by atoms with van der Waals surface area (Å²) < 4.78 is 0. The average molecular weight is 262 g/mol. The summed E-state index contributed by atoms with van der Waals surface area (Å²) in [6, 6.07) is 3.72. The monoisotopic (exact) mass is 262 g/mol. The highest BCUT2D eigenvalue weighted by Crippen LogP contribution is 2.13. The Kier molecular flexibility index (Phi) is 3.88. The molecule has 2 rings (SSSR count). The number of hydrogen-bond donors (Lipinski definition) is 2. The summed E-state index contributed by atoms with van der Waals surface area (Å²) in [5, 5.41) is 5.19. The van der Waals surface area contributed by atoms with Crippen molar-refractivity contribution < 1.29 is 4.79 Å². The maximum Gasteiger partial charge on any atom is 0.226 e. The van der Waals surface area contributed by atoms with Gasteiger partial charge in [-0.1, -0.05) is 0 Å². The Morgan fingerprint density at radius 2 is 2.22 bits per heavy atom. The molecule has 3 N–H and O–H groups in total. The Bertz CT molecular complexity index is 526. The van der Waals surface area contributed by atoms with E-state index in [1.165, 1.54) is 11.3 Å². The summed E-state index contributed by atoms with van der Waals surface area (Å²) in [4.78, 5) is 19.8. The Hall–Kier alpha value is -1.95. The van der Waals surface area contributed by atoms with Crippen molar-refractivity contribution in [2.45, 2.75) is 19.4 Å². The van der Waals surface area contributed by atoms with Crippen LogP contribution < -0.4 is 11.1 Å². The molecule has 0 saturated carbocycles. The second-order valence-corrected chi connectivity index (χ2v) is 4.81. The fraction of sp³-hybridized carbons (Fsp3) is 0.250. The quantitative estimate of drug-likeness (QED) is 0.875. The summed E-state index contributed by atoms with van der Waals surface area (Å²) >= 11 is 1.34. The zero-order valence-corrected chi connectivity index (χ0v) is 10.8. The average Bonchev–Trinajstić information content (AvgIpc) is 2.75. The Morgan fingerprint density at radius 1 is 1.50 bits per heavy atom. The van der Waals surface area contributed by atoms with Gasteiger partial charge in [-0.25, -0.2) is 4.98 Å². The molecule has 2 aromatic rings. The number of rotatable bonds is 4. The first-order valence-corrected chi connectivity index (χ1v) is 6.42. The molecule has 18 heavy (non-hydrogen) atoms. The second kappa shape index (κ2) is 5.59.